The van der Waals surface area contributed by atoms with E-state index in [0.717, 1.165) is 27.3 Å². The zero-order chi connectivity index (χ0) is 19.8. The number of ether oxygens (including phenoxy) is 1. The lowest BCUT2D eigenvalue weighted by Crippen LogP contribution is -2.07. The Morgan fingerprint density at radius 3 is 2.68 bits per heavy atom. The first-order chi connectivity index (χ1) is 13.5. The maximum absolute atomic E-state index is 14.3. The molecule has 1 atom stereocenters. The zero-order valence-electron chi connectivity index (χ0n) is 15.7. The van der Waals surface area contributed by atoms with Gasteiger partial charge in [0.2, 0.25) is 0 Å². The van der Waals surface area contributed by atoms with Crippen LogP contribution >= 0.6 is 11.8 Å². The summed E-state index contributed by atoms with van der Waals surface area (Å²) >= 11 is 1.56. The fourth-order valence-electron chi connectivity index (χ4n) is 3.96. The molecule has 0 amide bonds. The van der Waals surface area contributed by atoms with Crippen molar-refractivity contribution in [2.45, 2.75) is 42.0 Å². The minimum atomic E-state index is -0.425. The van der Waals surface area contributed by atoms with Crippen molar-refractivity contribution >= 4 is 34.4 Å². The highest BCUT2D eigenvalue weighted by molar-refractivity contribution is 7.99. The molecule has 1 aliphatic rings. The minimum absolute atomic E-state index is 0.0195. The molecule has 1 aliphatic heterocycles. The Balaban J connectivity index is 1.96. The Bertz CT molecular complexity index is 1070. The van der Waals surface area contributed by atoms with Gasteiger partial charge in [-0.2, -0.15) is 0 Å². The number of hydrogen-bond acceptors (Lipinski definition) is 4. The Morgan fingerprint density at radius 1 is 1.25 bits per heavy atom. The van der Waals surface area contributed by atoms with Crippen molar-refractivity contribution in [3.63, 3.8) is 0 Å². The van der Waals surface area contributed by atoms with E-state index in [-0.39, 0.29) is 24.1 Å². The average Bonchev–Trinajstić information content (AvgIpc) is 3.21. The summed E-state index contributed by atoms with van der Waals surface area (Å²) in [6.07, 6.45) is 1.06. The first-order valence-corrected chi connectivity index (χ1v) is 9.97. The number of carbonyl (C=O) groups excluding carboxylic acids is 2. The average molecular weight is 397 g/mol. The van der Waals surface area contributed by atoms with Gasteiger partial charge in [-0.15, -0.1) is 0 Å². The van der Waals surface area contributed by atoms with Gasteiger partial charge in [0.1, 0.15) is 5.82 Å². The second-order valence-electron chi connectivity index (χ2n) is 6.95. The summed E-state index contributed by atoms with van der Waals surface area (Å²) in [6.45, 7) is 2.14. The maximum Gasteiger partial charge on any atom is 0.306 e. The number of aromatic nitrogens is 1. The van der Waals surface area contributed by atoms with E-state index >= 15 is 0 Å². The number of nitrogens with zero attached hydrogens (tertiary/aromatic N) is 1. The van der Waals surface area contributed by atoms with Gasteiger partial charge in [-0.05, 0) is 37.6 Å². The molecule has 0 spiro atoms. The van der Waals surface area contributed by atoms with Crippen LogP contribution in [-0.2, 0) is 16.1 Å². The summed E-state index contributed by atoms with van der Waals surface area (Å²) in [5, 5.41) is 0.771. The monoisotopic (exact) mass is 397 g/mol. The zero-order valence-corrected chi connectivity index (χ0v) is 16.5. The third-order valence-electron chi connectivity index (χ3n) is 5.19. The largest absolute Gasteiger partial charge is 0.469 e. The number of esters is 1. The number of methoxy groups -OCH3 is 1. The van der Waals surface area contributed by atoms with Crippen LogP contribution in [0, 0.1) is 5.82 Å². The van der Waals surface area contributed by atoms with Crippen LogP contribution in [0.1, 0.15) is 41.7 Å². The topological polar surface area (TPSA) is 48.3 Å². The number of Topliss-reactive ketones (excluding diaryl/α,β-unsaturated/α-hetero) is 1. The van der Waals surface area contributed by atoms with Gasteiger partial charge in [-0.25, -0.2) is 4.39 Å². The fraction of sp³-hybridized carbons (Fsp3) is 0.273. The lowest BCUT2D eigenvalue weighted by atomic mass is 9.99. The molecule has 6 heteroatoms. The smallest absolute Gasteiger partial charge is 0.306 e. The lowest BCUT2D eigenvalue weighted by Gasteiger charge is -2.12. The number of benzene rings is 2. The Kier molecular flexibility index (Phi) is 4.98. The van der Waals surface area contributed by atoms with Gasteiger partial charge in [0, 0.05) is 38.9 Å². The van der Waals surface area contributed by atoms with E-state index in [0.29, 0.717) is 17.6 Å². The van der Waals surface area contributed by atoms with Gasteiger partial charge < -0.3 is 9.30 Å². The molecule has 144 valence electrons. The quantitative estimate of drug-likeness (QED) is 0.439. The van der Waals surface area contributed by atoms with Gasteiger partial charge in [0.25, 0.3) is 0 Å². The third-order valence-corrected chi connectivity index (χ3v) is 6.32. The summed E-state index contributed by atoms with van der Waals surface area (Å²) in [7, 11) is 1.38. The Morgan fingerprint density at radius 2 is 2.00 bits per heavy atom. The molecule has 2 heterocycles. The maximum atomic E-state index is 14.3. The van der Waals surface area contributed by atoms with Crippen LogP contribution in [0.15, 0.2) is 52.3 Å². The molecule has 1 aromatic heterocycles. The van der Waals surface area contributed by atoms with Crippen LogP contribution < -0.4 is 0 Å². The van der Waals surface area contributed by atoms with Crippen LogP contribution in [0.3, 0.4) is 0 Å². The minimum Gasteiger partial charge on any atom is -0.469 e. The van der Waals surface area contributed by atoms with E-state index in [1.165, 1.54) is 26.2 Å². The second-order valence-corrected chi connectivity index (χ2v) is 8.03. The number of fused-ring (bicyclic) bond motifs is 3. The van der Waals surface area contributed by atoms with Crippen LogP contribution in [0.25, 0.3) is 10.9 Å². The molecular weight excluding hydrogens is 377 g/mol. The van der Waals surface area contributed by atoms with Gasteiger partial charge in [0.15, 0.2) is 5.78 Å². The molecule has 0 fully saturated rings. The normalized spacial score (nSPS) is 15.6. The van der Waals surface area contributed by atoms with Crippen molar-refractivity contribution in [1.29, 1.82) is 0 Å². The third kappa shape index (κ3) is 3.22. The molecule has 0 bridgehead atoms. The Labute approximate surface area is 166 Å². The van der Waals surface area contributed by atoms with Crippen LogP contribution in [0.5, 0.6) is 0 Å². The number of carbonyl (C=O) groups is 2. The second kappa shape index (κ2) is 7.43. The van der Waals surface area contributed by atoms with Crippen molar-refractivity contribution in [2.75, 3.05) is 7.11 Å². The predicted molar refractivity (Wildman–Crippen MR) is 106 cm³/mol. The molecule has 2 aromatic carbocycles. The van der Waals surface area contributed by atoms with E-state index < -0.39 is 5.82 Å². The predicted octanol–water partition coefficient (Wildman–Crippen LogP) is 5.18. The molecule has 0 saturated carbocycles. The van der Waals surface area contributed by atoms with Crippen LogP contribution in [0.2, 0.25) is 0 Å². The van der Waals surface area contributed by atoms with Crippen molar-refractivity contribution in [1.82, 2.24) is 4.57 Å². The first-order valence-electron chi connectivity index (χ1n) is 9.16. The molecule has 0 radical (unpaired) electrons. The van der Waals surface area contributed by atoms with E-state index in [1.807, 2.05) is 30.3 Å². The molecule has 4 nitrogen and oxygen atoms in total. The SMILES string of the molecule is COC(=O)CC1CCn2c1c(Sc1ccccc1)c1c(C(C)=O)cc(F)cc12. The highest BCUT2D eigenvalue weighted by Gasteiger charge is 2.33. The summed E-state index contributed by atoms with van der Waals surface area (Å²) < 4.78 is 21.2. The van der Waals surface area contributed by atoms with E-state index in [2.05, 4.69) is 4.57 Å². The highest BCUT2D eigenvalue weighted by Crippen LogP contribution is 2.48. The summed E-state index contributed by atoms with van der Waals surface area (Å²) in [5.74, 6) is -0.884. The Hall–Kier alpha value is -2.60. The molecule has 3 aromatic rings. The number of rotatable bonds is 5. The fourth-order valence-corrected chi connectivity index (χ4v) is 5.19. The molecule has 0 saturated heterocycles. The molecule has 1 unspecified atom stereocenters. The summed E-state index contributed by atoms with van der Waals surface area (Å²) in [5.41, 5.74) is 2.08. The van der Waals surface area contributed by atoms with E-state index in [9.17, 15) is 14.0 Å². The number of aryl methyl sites for hydroxylation is 1. The van der Waals surface area contributed by atoms with Crippen LogP contribution in [-0.4, -0.2) is 23.4 Å². The molecule has 4 rings (SSSR count). The van der Waals surface area contributed by atoms with E-state index in [4.69, 9.17) is 4.74 Å². The van der Waals surface area contributed by atoms with Gasteiger partial charge in [-0.3, -0.25) is 9.59 Å². The lowest BCUT2D eigenvalue weighted by molar-refractivity contribution is -0.141. The molecule has 28 heavy (non-hydrogen) atoms. The highest BCUT2D eigenvalue weighted by atomic mass is 32.2. The summed E-state index contributed by atoms with van der Waals surface area (Å²) in [6, 6.07) is 12.7. The van der Waals surface area contributed by atoms with Crippen LogP contribution in [0.4, 0.5) is 4.39 Å². The standard InChI is InChI=1S/C22H20FNO3S/c1-13(25)17-11-15(23)12-18-20(17)22(28-16-6-4-3-5-7-16)21-14(8-9-24(18)21)10-19(26)27-2/h3-7,11-12,14H,8-10H2,1-2H3. The summed E-state index contributed by atoms with van der Waals surface area (Å²) in [4.78, 5) is 26.2. The van der Waals surface area contributed by atoms with Crippen molar-refractivity contribution in [2.24, 2.45) is 0 Å². The molecular formula is C22H20FNO3S. The number of hydrogen-bond donors (Lipinski definition) is 0. The molecule has 0 aliphatic carbocycles. The van der Waals surface area contributed by atoms with Crippen molar-refractivity contribution in [3.05, 3.63) is 59.5 Å². The van der Waals surface area contributed by atoms with E-state index in [1.54, 1.807) is 11.8 Å². The van der Waals surface area contributed by atoms with Gasteiger partial charge >= 0.3 is 5.97 Å². The first kappa shape index (κ1) is 18.7. The number of halogens is 1. The van der Waals surface area contributed by atoms with Crippen molar-refractivity contribution in [3.8, 4) is 0 Å². The van der Waals surface area contributed by atoms with Crippen molar-refractivity contribution < 1.29 is 18.7 Å². The van der Waals surface area contributed by atoms with Gasteiger partial charge in [0.05, 0.1) is 19.0 Å². The van der Waals surface area contributed by atoms with Gasteiger partial charge in [-0.1, -0.05) is 30.0 Å². The molecule has 0 N–H and O–H groups in total. The number of ketones is 1.